The topological polar surface area (TPSA) is 29.1 Å². The Morgan fingerprint density at radius 1 is 1.50 bits per heavy atom. The number of halogens is 1. The Kier molecular flexibility index (Phi) is 3.67. The molecule has 3 heteroatoms. The van der Waals surface area contributed by atoms with Crippen molar-refractivity contribution in [1.29, 1.82) is 0 Å². The maximum atomic E-state index is 12.9. The van der Waals surface area contributed by atoms with Gasteiger partial charge in [-0.2, -0.15) is 0 Å². The monoisotopic (exact) mass is 221 g/mol. The van der Waals surface area contributed by atoms with E-state index in [0.717, 1.165) is 25.9 Å². The molecule has 16 heavy (non-hydrogen) atoms. The van der Waals surface area contributed by atoms with Gasteiger partial charge >= 0.3 is 0 Å². The predicted octanol–water partition coefficient (Wildman–Crippen LogP) is 2.40. The van der Waals surface area contributed by atoms with E-state index in [9.17, 15) is 9.18 Å². The normalized spacial score (nSPS) is 20.7. The summed E-state index contributed by atoms with van der Waals surface area (Å²) in [6.07, 6.45) is 2.74. The summed E-state index contributed by atoms with van der Waals surface area (Å²) in [5, 5.41) is 3.28. The van der Waals surface area contributed by atoms with Gasteiger partial charge in [-0.1, -0.05) is 12.1 Å². The van der Waals surface area contributed by atoms with E-state index in [1.807, 2.05) is 0 Å². The Balaban J connectivity index is 1.97. The van der Waals surface area contributed by atoms with Crippen LogP contribution in [0.15, 0.2) is 24.3 Å². The Morgan fingerprint density at radius 2 is 2.38 bits per heavy atom. The van der Waals surface area contributed by atoms with Gasteiger partial charge in [-0.15, -0.1) is 0 Å². The van der Waals surface area contributed by atoms with Crippen LogP contribution in [-0.4, -0.2) is 18.9 Å². The Labute approximate surface area is 94.9 Å². The minimum atomic E-state index is -0.340. The molecule has 1 atom stereocenters. The van der Waals surface area contributed by atoms with Crippen molar-refractivity contribution in [3.8, 4) is 0 Å². The number of rotatable bonds is 3. The molecule has 1 aliphatic heterocycles. The van der Waals surface area contributed by atoms with Gasteiger partial charge in [-0.3, -0.25) is 4.79 Å². The molecule has 1 saturated heterocycles. The first-order valence-electron chi connectivity index (χ1n) is 5.75. The molecule has 0 radical (unpaired) electrons. The lowest BCUT2D eigenvalue weighted by atomic mass is 9.92. The van der Waals surface area contributed by atoms with Gasteiger partial charge in [0.05, 0.1) is 0 Å². The summed E-state index contributed by atoms with van der Waals surface area (Å²) in [6, 6.07) is 5.95. The van der Waals surface area contributed by atoms with E-state index in [2.05, 4.69) is 5.32 Å². The highest BCUT2D eigenvalue weighted by Crippen LogP contribution is 2.17. The first-order valence-corrected chi connectivity index (χ1v) is 5.75. The highest BCUT2D eigenvalue weighted by molar-refractivity contribution is 5.96. The number of hydrogen-bond acceptors (Lipinski definition) is 2. The number of benzene rings is 1. The van der Waals surface area contributed by atoms with Crippen LogP contribution in [0, 0.1) is 11.7 Å². The zero-order chi connectivity index (χ0) is 11.4. The van der Waals surface area contributed by atoms with Crippen molar-refractivity contribution >= 4 is 5.78 Å². The molecule has 0 amide bonds. The summed E-state index contributed by atoms with van der Waals surface area (Å²) in [7, 11) is 0. The summed E-state index contributed by atoms with van der Waals surface area (Å²) in [5.41, 5.74) is 0.491. The van der Waals surface area contributed by atoms with E-state index < -0.39 is 0 Å². The van der Waals surface area contributed by atoms with Crippen molar-refractivity contribution in [3.05, 3.63) is 35.6 Å². The lowest BCUT2D eigenvalue weighted by Crippen LogP contribution is -2.31. The van der Waals surface area contributed by atoms with Crippen LogP contribution in [0.5, 0.6) is 0 Å². The van der Waals surface area contributed by atoms with Gasteiger partial charge in [0.2, 0.25) is 0 Å². The minimum absolute atomic E-state index is 0.0493. The van der Waals surface area contributed by atoms with E-state index in [4.69, 9.17) is 0 Å². The average Bonchev–Trinajstić information content (AvgIpc) is 2.30. The highest BCUT2D eigenvalue weighted by atomic mass is 19.1. The van der Waals surface area contributed by atoms with Crippen molar-refractivity contribution < 1.29 is 9.18 Å². The van der Waals surface area contributed by atoms with Crippen LogP contribution < -0.4 is 5.32 Å². The zero-order valence-electron chi connectivity index (χ0n) is 9.21. The lowest BCUT2D eigenvalue weighted by molar-refractivity contribution is 0.0953. The van der Waals surface area contributed by atoms with Crippen LogP contribution >= 0.6 is 0 Å². The smallest absolute Gasteiger partial charge is 0.163 e. The molecule has 1 aliphatic rings. The molecule has 0 aliphatic carbocycles. The molecule has 1 heterocycles. The number of nitrogens with one attached hydrogen (secondary N) is 1. The fraction of sp³-hybridized carbons (Fsp3) is 0.462. The molecule has 86 valence electrons. The van der Waals surface area contributed by atoms with Gasteiger partial charge in [0.25, 0.3) is 0 Å². The van der Waals surface area contributed by atoms with Crippen LogP contribution in [0.2, 0.25) is 0 Å². The molecule has 2 nitrogen and oxygen atoms in total. The molecular weight excluding hydrogens is 205 g/mol. The second-order valence-corrected chi connectivity index (χ2v) is 4.35. The second kappa shape index (κ2) is 5.21. The summed E-state index contributed by atoms with van der Waals surface area (Å²) < 4.78 is 12.9. The Hall–Kier alpha value is -1.22. The molecule has 2 rings (SSSR count). The van der Waals surface area contributed by atoms with E-state index in [0.29, 0.717) is 17.9 Å². The molecule has 0 aromatic heterocycles. The lowest BCUT2D eigenvalue weighted by Gasteiger charge is -2.21. The van der Waals surface area contributed by atoms with Gasteiger partial charge < -0.3 is 5.32 Å². The third kappa shape index (κ3) is 2.89. The number of carbonyl (C=O) groups excluding carboxylic acids is 1. The maximum Gasteiger partial charge on any atom is 0.163 e. The molecule has 1 N–H and O–H groups in total. The molecule has 1 fully saturated rings. The van der Waals surface area contributed by atoms with E-state index in [1.54, 1.807) is 12.1 Å². The van der Waals surface area contributed by atoms with Crippen LogP contribution in [0.3, 0.4) is 0 Å². The van der Waals surface area contributed by atoms with E-state index in [-0.39, 0.29) is 11.6 Å². The highest BCUT2D eigenvalue weighted by Gasteiger charge is 2.17. The van der Waals surface area contributed by atoms with E-state index >= 15 is 0 Å². The first kappa shape index (κ1) is 11.3. The standard InChI is InChI=1S/C13H16FNO/c14-12-5-1-4-11(8-12)13(16)7-10-3-2-6-15-9-10/h1,4-5,8,10,15H,2-3,6-7,9H2. The minimum Gasteiger partial charge on any atom is -0.316 e. The SMILES string of the molecule is O=C(CC1CCCNC1)c1cccc(F)c1. The van der Waals surface area contributed by atoms with Crippen molar-refractivity contribution in [1.82, 2.24) is 5.32 Å². The third-order valence-corrected chi connectivity index (χ3v) is 3.02. The Bertz CT molecular complexity index is 372. The van der Waals surface area contributed by atoms with Gasteiger partial charge in [0.1, 0.15) is 5.82 Å². The van der Waals surface area contributed by atoms with Crippen LogP contribution in [-0.2, 0) is 0 Å². The van der Waals surface area contributed by atoms with Crippen LogP contribution in [0.1, 0.15) is 29.6 Å². The second-order valence-electron chi connectivity index (χ2n) is 4.35. The number of carbonyl (C=O) groups is 1. The van der Waals surface area contributed by atoms with Gasteiger partial charge in [0.15, 0.2) is 5.78 Å². The first-order chi connectivity index (χ1) is 7.75. The van der Waals surface area contributed by atoms with Crippen LogP contribution in [0.25, 0.3) is 0 Å². The molecule has 0 spiro atoms. The van der Waals surface area contributed by atoms with Crippen molar-refractivity contribution in [2.24, 2.45) is 5.92 Å². The number of piperidine rings is 1. The fourth-order valence-corrected chi connectivity index (χ4v) is 2.14. The predicted molar refractivity (Wildman–Crippen MR) is 60.9 cm³/mol. The largest absolute Gasteiger partial charge is 0.316 e. The van der Waals surface area contributed by atoms with Crippen LogP contribution in [0.4, 0.5) is 4.39 Å². The van der Waals surface area contributed by atoms with Crippen molar-refractivity contribution in [2.75, 3.05) is 13.1 Å². The third-order valence-electron chi connectivity index (χ3n) is 3.02. The maximum absolute atomic E-state index is 12.9. The molecule has 0 saturated carbocycles. The average molecular weight is 221 g/mol. The number of Topliss-reactive ketones (excluding diaryl/α,β-unsaturated/α-hetero) is 1. The van der Waals surface area contributed by atoms with Crippen molar-refractivity contribution in [3.63, 3.8) is 0 Å². The number of hydrogen-bond donors (Lipinski definition) is 1. The zero-order valence-corrected chi connectivity index (χ0v) is 9.21. The fourth-order valence-electron chi connectivity index (χ4n) is 2.14. The molecule has 1 aromatic carbocycles. The molecular formula is C13H16FNO. The van der Waals surface area contributed by atoms with E-state index in [1.165, 1.54) is 12.1 Å². The Morgan fingerprint density at radius 3 is 3.06 bits per heavy atom. The summed E-state index contributed by atoms with van der Waals surface area (Å²) in [5.74, 6) is 0.116. The number of ketones is 1. The van der Waals surface area contributed by atoms with Gasteiger partial charge in [0, 0.05) is 12.0 Å². The quantitative estimate of drug-likeness (QED) is 0.794. The van der Waals surface area contributed by atoms with Gasteiger partial charge in [-0.05, 0) is 44.0 Å². The summed E-state index contributed by atoms with van der Waals surface area (Å²) in [6.45, 7) is 1.95. The molecule has 1 unspecified atom stereocenters. The van der Waals surface area contributed by atoms with Crippen molar-refractivity contribution in [2.45, 2.75) is 19.3 Å². The molecule has 0 bridgehead atoms. The van der Waals surface area contributed by atoms with Gasteiger partial charge in [-0.25, -0.2) is 4.39 Å². The summed E-state index contributed by atoms with van der Waals surface area (Å²) in [4.78, 5) is 11.9. The summed E-state index contributed by atoms with van der Waals surface area (Å²) >= 11 is 0. The molecule has 1 aromatic rings.